The molecule has 0 unspecified atom stereocenters. The van der Waals surface area contributed by atoms with Gasteiger partial charge in [-0.3, -0.25) is 4.79 Å². The summed E-state index contributed by atoms with van der Waals surface area (Å²) in [5, 5.41) is 15.6. The molecule has 2 aliphatic rings. The van der Waals surface area contributed by atoms with Crippen LogP contribution in [0.15, 0.2) is 38.3 Å². The lowest BCUT2D eigenvalue weighted by Crippen LogP contribution is -2.50. The lowest BCUT2D eigenvalue weighted by atomic mass is 10.3. The third-order valence-electron chi connectivity index (χ3n) is 4.08. The number of carbonyl (C=O) groups is 1. The predicted molar refractivity (Wildman–Crippen MR) is 99.5 cm³/mol. The molecule has 2 aromatic rings. The van der Waals surface area contributed by atoms with Crippen LogP contribution in [0.3, 0.4) is 0 Å². The fourth-order valence-electron chi connectivity index (χ4n) is 2.74. The molecule has 0 N–H and O–H groups in total. The number of amidine groups is 1. The largest absolute Gasteiger partial charge is 0.361 e. The van der Waals surface area contributed by atoms with Crippen molar-refractivity contribution in [2.75, 3.05) is 31.9 Å². The van der Waals surface area contributed by atoms with Gasteiger partial charge in [0, 0.05) is 38.0 Å². The number of hydrogen-bond donors (Lipinski definition) is 0. The van der Waals surface area contributed by atoms with Crippen LogP contribution in [0, 0.1) is 6.92 Å². The molecule has 130 valence electrons. The van der Waals surface area contributed by atoms with Crippen molar-refractivity contribution >= 4 is 39.9 Å². The Hall–Kier alpha value is -2.13. The van der Waals surface area contributed by atoms with E-state index in [4.69, 9.17) is 4.52 Å². The molecule has 1 amide bonds. The fourth-order valence-corrected chi connectivity index (χ4v) is 4.49. The van der Waals surface area contributed by atoms with E-state index in [9.17, 15) is 4.79 Å². The van der Waals surface area contributed by atoms with Gasteiger partial charge < -0.3 is 14.3 Å². The van der Waals surface area contributed by atoms with Crippen LogP contribution in [0.2, 0.25) is 0 Å². The number of nitrogens with zero attached hydrogens (tertiary/aromatic N) is 5. The van der Waals surface area contributed by atoms with Gasteiger partial charge in [-0.05, 0) is 18.4 Å². The van der Waals surface area contributed by atoms with Crippen LogP contribution in [0.5, 0.6) is 0 Å². The Bertz CT molecular complexity index is 819. The first kappa shape index (κ1) is 16.3. The average Bonchev–Trinajstić information content (AvgIpc) is 3.33. The molecule has 1 fully saturated rings. The molecule has 2 aromatic heterocycles. The Morgan fingerprint density at radius 2 is 2.08 bits per heavy atom. The number of thiophene rings is 1. The second-order valence-corrected chi connectivity index (χ2v) is 7.69. The molecule has 0 aromatic carbocycles. The van der Waals surface area contributed by atoms with Gasteiger partial charge in [0.05, 0.1) is 10.6 Å². The van der Waals surface area contributed by atoms with Gasteiger partial charge in [0.25, 0.3) is 5.91 Å². The van der Waals surface area contributed by atoms with Crippen molar-refractivity contribution < 1.29 is 9.32 Å². The molecule has 0 radical (unpaired) electrons. The molecule has 1 saturated heterocycles. The molecular weight excluding hydrogens is 358 g/mol. The van der Waals surface area contributed by atoms with Gasteiger partial charge in [0.1, 0.15) is 5.76 Å². The summed E-state index contributed by atoms with van der Waals surface area (Å²) in [5.74, 6) is 1.40. The van der Waals surface area contributed by atoms with E-state index in [1.165, 1.54) is 4.88 Å². The van der Waals surface area contributed by atoms with Crippen molar-refractivity contribution in [3.05, 3.63) is 39.9 Å². The van der Waals surface area contributed by atoms with Gasteiger partial charge in [0.15, 0.2) is 10.9 Å². The maximum Gasteiger partial charge on any atom is 0.276 e. The van der Waals surface area contributed by atoms with Gasteiger partial charge in [-0.2, -0.15) is 5.10 Å². The summed E-state index contributed by atoms with van der Waals surface area (Å²) in [5.41, 5.74) is 1.40. The molecule has 9 heteroatoms. The molecule has 0 saturated carbocycles. The summed E-state index contributed by atoms with van der Waals surface area (Å²) in [6, 6.07) is 5.77. The van der Waals surface area contributed by atoms with E-state index in [1.54, 1.807) is 36.1 Å². The molecule has 0 spiro atoms. The highest BCUT2D eigenvalue weighted by molar-refractivity contribution is 8.14. The van der Waals surface area contributed by atoms with Gasteiger partial charge >= 0.3 is 0 Å². The van der Waals surface area contributed by atoms with Crippen molar-refractivity contribution in [2.24, 2.45) is 10.2 Å². The second kappa shape index (κ2) is 7.01. The summed E-state index contributed by atoms with van der Waals surface area (Å²) < 4.78 is 4.99. The number of piperazine rings is 1. The monoisotopic (exact) mass is 375 g/mol. The van der Waals surface area contributed by atoms with Gasteiger partial charge in [-0.15, -0.1) is 16.4 Å². The number of aryl methyl sites for hydroxylation is 1. The van der Waals surface area contributed by atoms with Crippen LogP contribution < -0.4 is 0 Å². The zero-order valence-electron chi connectivity index (χ0n) is 13.7. The van der Waals surface area contributed by atoms with Crippen LogP contribution >= 0.6 is 23.1 Å². The van der Waals surface area contributed by atoms with E-state index in [0.29, 0.717) is 24.5 Å². The normalized spacial score (nSPS) is 18.1. The average molecular weight is 375 g/mol. The minimum atomic E-state index is -0.0762. The summed E-state index contributed by atoms with van der Waals surface area (Å²) in [6.07, 6.45) is 0. The van der Waals surface area contributed by atoms with Crippen molar-refractivity contribution in [3.63, 3.8) is 0 Å². The topological polar surface area (TPSA) is 74.3 Å². The number of aromatic nitrogens is 1. The van der Waals surface area contributed by atoms with Crippen LogP contribution in [0.1, 0.15) is 21.1 Å². The van der Waals surface area contributed by atoms with Crippen molar-refractivity contribution in [1.82, 2.24) is 15.0 Å². The number of carbonyl (C=O) groups excluding carboxylic acids is 1. The Labute approximate surface area is 153 Å². The fraction of sp³-hybridized carbons (Fsp3) is 0.375. The third-order valence-corrected chi connectivity index (χ3v) is 6.02. The summed E-state index contributed by atoms with van der Waals surface area (Å²) in [7, 11) is 0. The summed E-state index contributed by atoms with van der Waals surface area (Å²) >= 11 is 3.39. The highest BCUT2D eigenvalue weighted by Crippen LogP contribution is 2.22. The van der Waals surface area contributed by atoms with Crippen molar-refractivity contribution in [3.8, 4) is 0 Å². The van der Waals surface area contributed by atoms with E-state index >= 15 is 0 Å². The van der Waals surface area contributed by atoms with E-state index in [0.717, 1.165) is 29.7 Å². The Balaban J connectivity index is 1.37. The Morgan fingerprint density at radius 1 is 1.24 bits per heavy atom. The summed E-state index contributed by atoms with van der Waals surface area (Å²) in [6.45, 7) is 4.57. The zero-order chi connectivity index (χ0) is 17.2. The molecule has 2 aliphatic heterocycles. The number of hydrogen-bond acceptors (Lipinski definition) is 8. The SMILES string of the molecule is Cc1cc(C(=O)N2CCN(C3=NN=C(c4cccs4)CS3)CC2)no1. The Morgan fingerprint density at radius 3 is 2.68 bits per heavy atom. The van der Waals surface area contributed by atoms with E-state index in [2.05, 4.69) is 26.3 Å². The maximum atomic E-state index is 12.4. The number of rotatable bonds is 2. The van der Waals surface area contributed by atoms with Gasteiger partial charge in [0.2, 0.25) is 0 Å². The van der Waals surface area contributed by atoms with E-state index in [1.807, 2.05) is 16.3 Å². The lowest BCUT2D eigenvalue weighted by Gasteiger charge is -2.35. The minimum absolute atomic E-state index is 0.0762. The van der Waals surface area contributed by atoms with E-state index < -0.39 is 0 Å². The quantitative estimate of drug-likeness (QED) is 0.805. The second-order valence-electron chi connectivity index (χ2n) is 5.80. The third kappa shape index (κ3) is 3.47. The van der Waals surface area contributed by atoms with Gasteiger partial charge in [-0.1, -0.05) is 23.0 Å². The van der Waals surface area contributed by atoms with E-state index in [-0.39, 0.29) is 5.91 Å². The van der Waals surface area contributed by atoms with Crippen LogP contribution in [0.4, 0.5) is 0 Å². The summed E-state index contributed by atoms with van der Waals surface area (Å²) in [4.78, 5) is 17.6. The smallest absolute Gasteiger partial charge is 0.276 e. The van der Waals surface area contributed by atoms with Crippen LogP contribution in [-0.4, -0.2) is 63.7 Å². The highest BCUT2D eigenvalue weighted by Gasteiger charge is 2.27. The highest BCUT2D eigenvalue weighted by atomic mass is 32.2. The Kier molecular flexibility index (Phi) is 4.58. The number of thioether (sulfide) groups is 1. The first-order valence-corrected chi connectivity index (χ1v) is 9.86. The van der Waals surface area contributed by atoms with Crippen molar-refractivity contribution in [1.29, 1.82) is 0 Å². The molecule has 25 heavy (non-hydrogen) atoms. The standard InChI is InChI=1S/C16H17N5O2S2/c1-11-9-12(19-23-11)15(22)20-4-6-21(7-5-20)16-18-17-13(10-25-16)14-3-2-8-24-14/h2-3,8-9H,4-7,10H2,1H3. The maximum absolute atomic E-state index is 12.4. The molecular formula is C16H17N5O2S2. The minimum Gasteiger partial charge on any atom is -0.361 e. The molecule has 7 nitrogen and oxygen atoms in total. The van der Waals surface area contributed by atoms with Crippen LogP contribution in [-0.2, 0) is 0 Å². The number of amides is 1. The molecule has 0 atom stereocenters. The zero-order valence-corrected chi connectivity index (χ0v) is 15.3. The predicted octanol–water partition coefficient (Wildman–Crippen LogP) is 2.31. The molecule has 4 rings (SSSR count). The first-order chi connectivity index (χ1) is 12.2. The molecule has 4 heterocycles. The van der Waals surface area contributed by atoms with Crippen molar-refractivity contribution in [2.45, 2.75) is 6.92 Å². The molecule has 0 aliphatic carbocycles. The first-order valence-electron chi connectivity index (χ1n) is 7.99. The lowest BCUT2D eigenvalue weighted by molar-refractivity contribution is 0.0683. The van der Waals surface area contributed by atoms with Gasteiger partial charge in [-0.25, -0.2) is 0 Å². The molecule has 0 bridgehead atoms. The van der Waals surface area contributed by atoms with Crippen LogP contribution in [0.25, 0.3) is 0 Å².